The average molecular weight is 153 g/mol. The van der Waals surface area contributed by atoms with Gasteiger partial charge in [0.1, 0.15) is 8.83 Å². The molecule has 0 radical (unpaired) electrons. The van der Waals surface area contributed by atoms with Gasteiger partial charge >= 0.3 is 0 Å². The molecule has 0 aliphatic heterocycles. The lowest BCUT2D eigenvalue weighted by atomic mass is 10.6. The molecular weight excluding hydrogens is 140 g/mol. The molecule has 7 heavy (non-hydrogen) atoms. The van der Waals surface area contributed by atoms with Gasteiger partial charge in [0.25, 0.3) is 0 Å². The van der Waals surface area contributed by atoms with Crippen molar-refractivity contribution in [3.05, 3.63) is 0 Å². The monoisotopic (exact) mass is 152 g/mol. The minimum Gasteiger partial charge on any atom is -0.176 e. The molecule has 0 unspecified atom stereocenters. The van der Waals surface area contributed by atoms with Crippen molar-refractivity contribution in [1.29, 1.82) is 0 Å². The molecule has 0 aromatic heterocycles. The summed E-state index contributed by atoms with van der Waals surface area (Å²) in [6.45, 7) is 2.36. The van der Waals surface area contributed by atoms with Crippen LogP contribution in [0.5, 0.6) is 0 Å². The van der Waals surface area contributed by atoms with E-state index in [-0.39, 0.29) is 8.83 Å². The predicted octanol–water partition coefficient (Wildman–Crippen LogP) is 0.753. The SMILES string of the molecule is C[SiH2]CCC[SiH2]Cl. The first-order chi connectivity index (χ1) is 3.41. The zero-order valence-corrected chi connectivity index (χ0v) is 8.50. The summed E-state index contributed by atoms with van der Waals surface area (Å²) >= 11 is 5.59. The molecule has 0 bridgehead atoms. The molecule has 0 nitrogen and oxygen atoms in total. The Balaban J connectivity index is 2.45. The van der Waals surface area contributed by atoms with E-state index in [9.17, 15) is 0 Å². The molecule has 0 aliphatic rings. The molecule has 0 saturated carbocycles. The van der Waals surface area contributed by atoms with Crippen LogP contribution in [0, 0.1) is 0 Å². The highest BCUT2D eigenvalue weighted by Gasteiger charge is 1.82. The highest BCUT2D eigenvalue weighted by molar-refractivity contribution is 6.93. The topological polar surface area (TPSA) is 0 Å². The van der Waals surface area contributed by atoms with Crippen molar-refractivity contribution < 1.29 is 0 Å². The Morgan fingerprint density at radius 3 is 2.57 bits per heavy atom. The van der Waals surface area contributed by atoms with Crippen molar-refractivity contribution in [2.45, 2.75) is 25.1 Å². The van der Waals surface area contributed by atoms with Gasteiger partial charge < -0.3 is 0 Å². The lowest BCUT2D eigenvalue weighted by Gasteiger charge is -1.88. The third kappa shape index (κ3) is 6.72. The van der Waals surface area contributed by atoms with Crippen LogP contribution < -0.4 is 0 Å². The van der Waals surface area contributed by atoms with Gasteiger partial charge in [0.2, 0.25) is 0 Å². The first-order valence-electron chi connectivity index (χ1n) is 2.97. The summed E-state index contributed by atoms with van der Waals surface area (Å²) in [6, 6.07) is 2.88. The van der Waals surface area contributed by atoms with E-state index in [2.05, 4.69) is 6.55 Å². The summed E-state index contributed by atoms with van der Waals surface area (Å²) in [5.41, 5.74) is 0. The number of hydrogen-bond donors (Lipinski definition) is 0. The molecule has 44 valence electrons. The van der Waals surface area contributed by atoms with Crippen molar-refractivity contribution >= 4 is 29.4 Å². The van der Waals surface area contributed by atoms with Crippen LogP contribution in [0.15, 0.2) is 0 Å². The summed E-state index contributed by atoms with van der Waals surface area (Å²) in [6.07, 6.45) is 1.43. The summed E-state index contributed by atoms with van der Waals surface area (Å²) in [5.74, 6) is 0. The Morgan fingerprint density at radius 1 is 1.43 bits per heavy atom. The van der Waals surface area contributed by atoms with Crippen LogP contribution >= 0.6 is 11.1 Å². The molecule has 0 fully saturated rings. The van der Waals surface area contributed by atoms with Crippen molar-refractivity contribution in [2.75, 3.05) is 0 Å². The largest absolute Gasteiger partial charge is 0.176 e. The quantitative estimate of drug-likeness (QED) is 0.317. The molecule has 0 aromatic rings. The maximum atomic E-state index is 5.59. The van der Waals surface area contributed by atoms with Gasteiger partial charge in [-0.3, -0.25) is 0 Å². The van der Waals surface area contributed by atoms with Gasteiger partial charge in [-0.15, -0.1) is 0 Å². The molecular formula is C4H13ClSi2. The third-order valence-corrected chi connectivity index (χ3v) is 3.76. The minimum atomic E-state index is -0.112. The van der Waals surface area contributed by atoms with Gasteiger partial charge in [-0.1, -0.05) is 19.0 Å². The fourth-order valence-corrected chi connectivity index (χ4v) is 3.19. The first kappa shape index (κ1) is 7.72. The zero-order valence-electron chi connectivity index (χ0n) is 4.91. The second-order valence-electron chi connectivity index (χ2n) is 1.75. The molecule has 0 aliphatic carbocycles. The van der Waals surface area contributed by atoms with E-state index < -0.39 is 0 Å². The van der Waals surface area contributed by atoms with Crippen molar-refractivity contribution in [3.8, 4) is 0 Å². The summed E-state index contributed by atoms with van der Waals surface area (Å²) < 4.78 is 0. The summed E-state index contributed by atoms with van der Waals surface area (Å²) in [7, 11) is 0.245. The van der Waals surface area contributed by atoms with Crippen LogP contribution in [0.2, 0.25) is 18.6 Å². The van der Waals surface area contributed by atoms with Crippen LogP contribution in [0.25, 0.3) is 0 Å². The smallest absolute Gasteiger partial charge is 0.125 e. The van der Waals surface area contributed by atoms with E-state index in [1.807, 2.05) is 0 Å². The van der Waals surface area contributed by atoms with Gasteiger partial charge in [-0.2, -0.15) is 11.1 Å². The van der Waals surface area contributed by atoms with Gasteiger partial charge in [0.05, 0.1) is 0 Å². The van der Waals surface area contributed by atoms with Crippen molar-refractivity contribution in [1.82, 2.24) is 0 Å². The van der Waals surface area contributed by atoms with Crippen LogP contribution in [0.4, 0.5) is 0 Å². The molecule has 0 rings (SSSR count). The molecule has 0 heterocycles. The van der Waals surface area contributed by atoms with Crippen molar-refractivity contribution in [3.63, 3.8) is 0 Å². The van der Waals surface area contributed by atoms with Crippen molar-refractivity contribution in [2.24, 2.45) is 0 Å². The fourth-order valence-electron chi connectivity index (χ4n) is 0.521. The van der Waals surface area contributed by atoms with E-state index in [0.717, 1.165) is 0 Å². The van der Waals surface area contributed by atoms with Gasteiger partial charge in [-0.05, 0) is 6.04 Å². The van der Waals surface area contributed by atoms with Crippen LogP contribution in [-0.4, -0.2) is 18.3 Å². The Hall–Kier alpha value is 0.724. The second-order valence-corrected chi connectivity index (χ2v) is 5.68. The van der Waals surface area contributed by atoms with E-state index in [4.69, 9.17) is 11.1 Å². The molecule has 0 atom stereocenters. The molecule has 3 heteroatoms. The summed E-state index contributed by atoms with van der Waals surface area (Å²) in [4.78, 5) is 0. The standard InChI is InChI=1S/C4H13ClSi2/c1-6-3-2-4-7-5/h2-4,6-7H2,1H3. The third-order valence-electron chi connectivity index (χ3n) is 0.987. The Labute approximate surface area is 55.0 Å². The highest BCUT2D eigenvalue weighted by atomic mass is 35.6. The fraction of sp³-hybridized carbons (Fsp3) is 1.00. The van der Waals surface area contributed by atoms with Crippen LogP contribution in [-0.2, 0) is 0 Å². The number of rotatable bonds is 4. The van der Waals surface area contributed by atoms with Gasteiger partial charge in [-0.25, -0.2) is 0 Å². The van der Waals surface area contributed by atoms with Crippen LogP contribution in [0.1, 0.15) is 6.42 Å². The molecule has 0 amide bonds. The van der Waals surface area contributed by atoms with Gasteiger partial charge in [0, 0.05) is 9.52 Å². The zero-order chi connectivity index (χ0) is 5.54. The van der Waals surface area contributed by atoms with E-state index in [1.165, 1.54) is 18.5 Å². The maximum absolute atomic E-state index is 5.59. The number of halogens is 1. The second kappa shape index (κ2) is 6.72. The lowest BCUT2D eigenvalue weighted by molar-refractivity contribution is 1.07. The van der Waals surface area contributed by atoms with Gasteiger partial charge in [0.15, 0.2) is 0 Å². The highest BCUT2D eigenvalue weighted by Crippen LogP contribution is 1.95. The molecule has 0 aromatic carbocycles. The predicted molar refractivity (Wildman–Crippen MR) is 43.0 cm³/mol. The average Bonchev–Trinajstić information content (AvgIpc) is 1.69. The molecule has 0 spiro atoms. The summed E-state index contributed by atoms with van der Waals surface area (Å²) in [5, 5.41) is 0. The maximum Gasteiger partial charge on any atom is 0.125 e. The van der Waals surface area contributed by atoms with E-state index >= 15 is 0 Å². The Kier molecular flexibility index (Phi) is 7.42. The normalized spacial score (nSPS) is 12.9. The lowest BCUT2D eigenvalue weighted by Crippen LogP contribution is -1.82. The van der Waals surface area contributed by atoms with E-state index in [0.29, 0.717) is 9.52 Å². The first-order valence-corrected chi connectivity index (χ1v) is 8.53. The van der Waals surface area contributed by atoms with E-state index in [1.54, 1.807) is 0 Å². The minimum absolute atomic E-state index is 0.112. The molecule has 0 N–H and O–H groups in total. The molecule has 0 saturated heterocycles. The Morgan fingerprint density at radius 2 is 2.14 bits per heavy atom. The Bertz CT molecular complexity index is 28.9. The number of hydrogen-bond acceptors (Lipinski definition) is 0. The van der Waals surface area contributed by atoms with Crippen LogP contribution in [0.3, 0.4) is 0 Å².